The van der Waals surface area contributed by atoms with Crippen LogP contribution in [-0.4, -0.2) is 51.3 Å². The van der Waals surface area contributed by atoms with Crippen molar-refractivity contribution < 1.29 is 41.4 Å². The molecule has 0 unspecified atom stereocenters. The number of nitrogens with zero attached hydrogens (tertiary/aromatic N) is 3. The molecule has 0 radical (unpaired) electrons. The molecular formula is C19H16F4N4O5. The zero-order valence-electron chi connectivity index (χ0n) is 16.4. The zero-order valence-corrected chi connectivity index (χ0v) is 16.4. The molecule has 1 amide bonds. The first-order valence-corrected chi connectivity index (χ1v) is 9.38. The van der Waals surface area contributed by atoms with Crippen LogP contribution in [0.3, 0.4) is 0 Å². The summed E-state index contributed by atoms with van der Waals surface area (Å²) in [6.45, 7) is 1.04. The highest BCUT2D eigenvalue weighted by atomic mass is 19.3. The molecule has 3 heterocycles. The summed E-state index contributed by atoms with van der Waals surface area (Å²) in [5.74, 6) is -6.40. The molecule has 9 nitrogen and oxygen atoms in total. The van der Waals surface area contributed by atoms with Crippen LogP contribution in [0.2, 0.25) is 0 Å². The summed E-state index contributed by atoms with van der Waals surface area (Å²) in [6, 6.07) is 0.303. The number of amides is 1. The van der Waals surface area contributed by atoms with Crippen molar-refractivity contribution in [2.24, 2.45) is 5.92 Å². The molecule has 13 heteroatoms. The first kappa shape index (κ1) is 21.6. The van der Waals surface area contributed by atoms with Crippen LogP contribution in [0.25, 0.3) is 22.7 Å². The molecule has 0 spiro atoms. The number of hydrogen-bond acceptors (Lipinski definition) is 7. The van der Waals surface area contributed by atoms with E-state index in [1.54, 1.807) is 0 Å². The van der Waals surface area contributed by atoms with Crippen molar-refractivity contribution in [3.05, 3.63) is 30.1 Å². The van der Waals surface area contributed by atoms with Crippen LogP contribution < -0.4 is 14.8 Å². The summed E-state index contributed by atoms with van der Waals surface area (Å²) < 4.78 is 70.5. The number of carboxylic acid groups (broad SMARTS) is 1. The predicted octanol–water partition coefficient (Wildman–Crippen LogP) is 3.63. The Hall–Kier alpha value is -3.64. The minimum atomic E-state index is -2.75. The van der Waals surface area contributed by atoms with Gasteiger partial charge in [0.25, 0.3) is 11.8 Å². The van der Waals surface area contributed by atoms with Gasteiger partial charge in [0.1, 0.15) is 17.9 Å². The Balaban J connectivity index is 1.49. The minimum absolute atomic E-state index is 0.0287. The smallest absolute Gasteiger partial charge is 0.404 e. The van der Waals surface area contributed by atoms with Crippen LogP contribution >= 0.6 is 0 Å². The molecule has 3 aromatic rings. The number of pyridine rings is 2. The quantitative estimate of drug-likeness (QED) is 0.493. The summed E-state index contributed by atoms with van der Waals surface area (Å²) in [4.78, 5) is 22.2. The monoisotopic (exact) mass is 456 g/mol. The van der Waals surface area contributed by atoms with Gasteiger partial charge in [-0.3, -0.25) is 0 Å². The molecule has 0 saturated heterocycles. The van der Waals surface area contributed by atoms with E-state index in [-0.39, 0.29) is 48.1 Å². The standard InChI is InChI=1S/C19H16F4N4O5/c1-8(26-18(28)29)6-31-16-13(21)15-12(5-25-16)27-17(32-15)14-11(20)2-10(4-24-14)30-7-9-3-19(9,22)23/h2,4-5,8-9,26H,3,6-7H2,1H3,(H,28,29)/t8-,9+/m0/s1. The molecule has 2 N–H and O–H groups in total. The highest BCUT2D eigenvalue weighted by Crippen LogP contribution is 2.48. The van der Waals surface area contributed by atoms with E-state index in [1.165, 1.54) is 6.92 Å². The lowest BCUT2D eigenvalue weighted by Gasteiger charge is -2.12. The van der Waals surface area contributed by atoms with Crippen molar-refractivity contribution in [3.63, 3.8) is 0 Å². The van der Waals surface area contributed by atoms with Crippen molar-refractivity contribution in [2.45, 2.75) is 25.3 Å². The Labute approximate surface area is 177 Å². The van der Waals surface area contributed by atoms with Gasteiger partial charge in [-0.1, -0.05) is 0 Å². The fourth-order valence-corrected chi connectivity index (χ4v) is 2.81. The number of halogens is 4. The third kappa shape index (κ3) is 4.50. The Morgan fingerprint density at radius 1 is 1.34 bits per heavy atom. The normalized spacial score (nSPS) is 17.7. The second-order valence-electron chi connectivity index (χ2n) is 7.25. The van der Waals surface area contributed by atoms with Crippen LogP contribution in [0, 0.1) is 17.6 Å². The summed E-state index contributed by atoms with van der Waals surface area (Å²) in [6.07, 6.45) is 0.723. The minimum Gasteiger partial charge on any atom is -0.491 e. The molecule has 1 aliphatic rings. The molecule has 1 fully saturated rings. The predicted molar refractivity (Wildman–Crippen MR) is 99.6 cm³/mol. The lowest BCUT2D eigenvalue weighted by molar-refractivity contribution is 0.0855. The van der Waals surface area contributed by atoms with E-state index < -0.39 is 41.5 Å². The van der Waals surface area contributed by atoms with E-state index in [0.29, 0.717) is 0 Å². The maximum Gasteiger partial charge on any atom is 0.404 e. The Morgan fingerprint density at radius 3 is 2.75 bits per heavy atom. The van der Waals surface area contributed by atoms with E-state index >= 15 is 0 Å². The van der Waals surface area contributed by atoms with E-state index in [0.717, 1.165) is 18.5 Å². The summed E-state index contributed by atoms with van der Waals surface area (Å²) in [5, 5.41) is 10.8. The summed E-state index contributed by atoms with van der Waals surface area (Å²) in [5.41, 5.74) is -0.730. The van der Waals surface area contributed by atoms with E-state index in [4.69, 9.17) is 19.0 Å². The summed E-state index contributed by atoms with van der Waals surface area (Å²) in [7, 11) is 0. The lowest BCUT2D eigenvalue weighted by atomic mass is 10.3. The van der Waals surface area contributed by atoms with Crippen molar-refractivity contribution in [3.8, 4) is 23.2 Å². The Kier molecular flexibility index (Phi) is 5.48. The Morgan fingerprint density at radius 2 is 2.09 bits per heavy atom. The fourth-order valence-electron chi connectivity index (χ4n) is 2.81. The first-order chi connectivity index (χ1) is 15.1. The van der Waals surface area contributed by atoms with Gasteiger partial charge in [0.15, 0.2) is 17.1 Å². The van der Waals surface area contributed by atoms with Gasteiger partial charge < -0.3 is 24.3 Å². The van der Waals surface area contributed by atoms with Gasteiger partial charge >= 0.3 is 6.09 Å². The average molecular weight is 456 g/mol. The third-order valence-corrected chi connectivity index (χ3v) is 4.61. The number of fused-ring (bicyclic) bond motifs is 1. The van der Waals surface area contributed by atoms with Gasteiger partial charge in [0.05, 0.1) is 31.0 Å². The molecule has 0 bridgehead atoms. The van der Waals surface area contributed by atoms with E-state index in [9.17, 15) is 22.4 Å². The molecular weight excluding hydrogens is 440 g/mol. The second kappa shape index (κ2) is 8.13. The molecule has 0 aromatic carbocycles. The van der Waals surface area contributed by atoms with Crippen LogP contribution in [0.1, 0.15) is 13.3 Å². The number of carbonyl (C=O) groups is 1. The number of aromatic nitrogens is 3. The number of rotatable bonds is 8. The van der Waals surface area contributed by atoms with Crippen LogP contribution in [-0.2, 0) is 0 Å². The molecule has 32 heavy (non-hydrogen) atoms. The zero-order chi connectivity index (χ0) is 23.0. The average Bonchev–Trinajstić information content (AvgIpc) is 3.12. The first-order valence-electron chi connectivity index (χ1n) is 9.38. The number of nitrogens with one attached hydrogen (secondary N) is 1. The van der Waals surface area contributed by atoms with Gasteiger partial charge in [0, 0.05) is 12.5 Å². The molecule has 170 valence electrons. The van der Waals surface area contributed by atoms with Gasteiger partial charge in [-0.25, -0.2) is 32.9 Å². The molecule has 1 aliphatic carbocycles. The van der Waals surface area contributed by atoms with Gasteiger partial charge in [-0.2, -0.15) is 4.39 Å². The maximum atomic E-state index is 14.7. The number of oxazole rings is 1. The molecule has 1 saturated carbocycles. The van der Waals surface area contributed by atoms with Crippen molar-refractivity contribution in [1.29, 1.82) is 0 Å². The number of ether oxygens (including phenoxy) is 2. The molecule has 3 aromatic heterocycles. The Bertz CT molecular complexity index is 1170. The number of hydrogen-bond donors (Lipinski definition) is 2. The van der Waals surface area contributed by atoms with Crippen molar-refractivity contribution in [2.75, 3.05) is 13.2 Å². The maximum absolute atomic E-state index is 14.7. The highest BCUT2D eigenvalue weighted by molar-refractivity contribution is 5.76. The lowest BCUT2D eigenvalue weighted by Crippen LogP contribution is -2.35. The van der Waals surface area contributed by atoms with Crippen molar-refractivity contribution in [1.82, 2.24) is 20.3 Å². The molecule has 4 rings (SSSR count). The largest absolute Gasteiger partial charge is 0.491 e. The van der Waals surface area contributed by atoms with Crippen LogP contribution in [0.4, 0.5) is 22.4 Å². The SMILES string of the molecule is C[C@@H](COc1ncc2nc(-c3ncc(OC[C@H]4CC4(F)F)cc3F)oc2c1F)NC(=O)O. The van der Waals surface area contributed by atoms with Crippen LogP contribution in [0.15, 0.2) is 22.9 Å². The van der Waals surface area contributed by atoms with Gasteiger partial charge in [-0.05, 0) is 6.92 Å². The molecule has 0 aliphatic heterocycles. The van der Waals surface area contributed by atoms with E-state index in [1.807, 2.05) is 0 Å². The van der Waals surface area contributed by atoms with Crippen molar-refractivity contribution >= 4 is 17.2 Å². The van der Waals surface area contributed by atoms with Gasteiger partial charge in [0.2, 0.25) is 11.7 Å². The highest BCUT2D eigenvalue weighted by Gasteiger charge is 2.57. The fraction of sp³-hybridized carbons (Fsp3) is 0.368. The second-order valence-corrected chi connectivity index (χ2v) is 7.25. The topological polar surface area (TPSA) is 120 Å². The third-order valence-electron chi connectivity index (χ3n) is 4.61. The number of alkyl halides is 2. The molecule has 2 atom stereocenters. The van der Waals surface area contributed by atoms with Gasteiger partial charge in [-0.15, -0.1) is 0 Å². The summed E-state index contributed by atoms with van der Waals surface area (Å²) >= 11 is 0. The van der Waals surface area contributed by atoms with Crippen LogP contribution in [0.5, 0.6) is 11.6 Å². The van der Waals surface area contributed by atoms with E-state index in [2.05, 4.69) is 20.3 Å².